The SMILES string of the molecule is CC(C)(C)Nc1nc(NCc2ccccc2Cl)cc(-c2ccccn2)n1. The van der Waals surface area contributed by atoms with Crippen molar-refractivity contribution in [2.45, 2.75) is 32.9 Å². The van der Waals surface area contributed by atoms with Crippen LogP contribution in [0, 0.1) is 0 Å². The first kappa shape index (κ1) is 18.1. The molecular formula is C20H22ClN5. The molecule has 2 aromatic heterocycles. The summed E-state index contributed by atoms with van der Waals surface area (Å²) in [6.07, 6.45) is 1.76. The summed E-state index contributed by atoms with van der Waals surface area (Å²) in [6, 6.07) is 15.4. The second kappa shape index (κ2) is 7.70. The number of hydrogen-bond donors (Lipinski definition) is 2. The number of pyridine rings is 1. The Hall–Kier alpha value is -2.66. The van der Waals surface area contributed by atoms with Crippen molar-refractivity contribution in [3.8, 4) is 11.4 Å². The molecule has 0 fully saturated rings. The van der Waals surface area contributed by atoms with Crippen molar-refractivity contribution in [1.82, 2.24) is 15.0 Å². The molecular weight excluding hydrogens is 346 g/mol. The number of anilines is 2. The van der Waals surface area contributed by atoms with E-state index in [1.807, 2.05) is 48.5 Å². The lowest BCUT2D eigenvalue weighted by atomic mass is 10.1. The smallest absolute Gasteiger partial charge is 0.225 e. The van der Waals surface area contributed by atoms with Gasteiger partial charge in [0.1, 0.15) is 5.82 Å². The molecule has 0 bridgehead atoms. The highest BCUT2D eigenvalue weighted by Gasteiger charge is 2.14. The van der Waals surface area contributed by atoms with E-state index in [0.29, 0.717) is 18.3 Å². The van der Waals surface area contributed by atoms with Gasteiger partial charge in [-0.2, -0.15) is 4.98 Å². The fourth-order valence-corrected chi connectivity index (χ4v) is 2.60. The Balaban J connectivity index is 1.90. The number of benzene rings is 1. The first-order valence-corrected chi connectivity index (χ1v) is 8.84. The third-order valence-electron chi connectivity index (χ3n) is 3.56. The topological polar surface area (TPSA) is 62.7 Å². The van der Waals surface area contributed by atoms with E-state index in [0.717, 1.165) is 22.0 Å². The van der Waals surface area contributed by atoms with E-state index in [-0.39, 0.29) is 5.54 Å². The van der Waals surface area contributed by atoms with Crippen molar-refractivity contribution in [3.05, 3.63) is 65.3 Å². The second-order valence-corrected chi connectivity index (χ2v) is 7.40. The van der Waals surface area contributed by atoms with Crippen LogP contribution in [0.25, 0.3) is 11.4 Å². The molecule has 26 heavy (non-hydrogen) atoms. The summed E-state index contributed by atoms with van der Waals surface area (Å²) in [4.78, 5) is 13.6. The third-order valence-corrected chi connectivity index (χ3v) is 3.93. The van der Waals surface area contributed by atoms with E-state index >= 15 is 0 Å². The highest BCUT2D eigenvalue weighted by molar-refractivity contribution is 6.31. The van der Waals surface area contributed by atoms with Gasteiger partial charge in [-0.3, -0.25) is 4.98 Å². The van der Waals surface area contributed by atoms with E-state index in [1.54, 1.807) is 6.20 Å². The maximum atomic E-state index is 6.24. The lowest BCUT2D eigenvalue weighted by Gasteiger charge is -2.21. The Kier molecular flexibility index (Phi) is 5.38. The van der Waals surface area contributed by atoms with Crippen LogP contribution in [0.4, 0.5) is 11.8 Å². The van der Waals surface area contributed by atoms with E-state index in [2.05, 4.69) is 46.4 Å². The molecule has 0 radical (unpaired) electrons. The van der Waals surface area contributed by atoms with Gasteiger partial charge >= 0.3 is 0 Å². The van der Waals surface area contributed by atoms with Gasteiger partial charge in [-0.15, -0.1) is 0 Å². The lowest BCUT2D eigenvalue weighted by Crippen LogP contribution is -2.27. The van der Waals surface area contributed by atoms with Crippen LogP contribution >= 0.6 is 11.6 Å². The van der Waals surface area contributed by atoms with Crippen LogP contribution in [0.15, 0.2) is 54.7 Å². The lowest BCUT2D eigenvalue weighted by molar-refractivity contribution is 0.626. The van der Waals surface area contributed by atoms with Crippen molar-refractivity contribution in [2.24, 2.45) is 0 Å². The number of nitrogens with zero attached hydrogens (tertiary/aromatic N) is 3. The molecule has 3 rings (SSSR count). The number of nitrogens with one attached hydrogen (secondary N) is 2. The first-order valence-electron chi connectivity index (χ1n) is 8.47. The molecule has 2 heterocycles. The average molecular weight is 368 g/mol. The van der Waals surface area contributed by atoms with E-state index in [1.165, 1.54) is 0 Å². The Morgan fingerprint density at radius 1 is 0.962 bits per heavy atom. The predicted molar refractivity (Wildman–Crippen MR) is 107 cm³/mol. The third kappa shape index (κ3) is 4.92. The molecule has 1 aromatic carbocycles. The molecule has 0 aliphatic rings. The average Bonchev–Trinajstić information content (AvgIpc) is 2.60. The standard InChI is InChI=1S/C20H22ClN5/c1-20(2,3)26-19-24-17(16-10-6-7-11-22-16)12-18(25-19)23-13-14-8-4-5-9-15(14)21/h4-12H,13H2,1-3H3,(H2,23,24,25,26). The highest BCUT2D eigenvalue weighted by atomic mass is 35.5. The molecule has 0 aliphatic carbocycles. The summed E-state index contributed by atoms with van der Waals surface area (Å²) in [6.45, 7) is 6.79. The zero-order valence-electron chi connectivity index (χ0n) is 15.1. The van der Waals surface area contributed by atoms with Crippen molar-refractivity contribution < 1.29 is 0 Å². The van der Waals surface area contributed by atoms with Gasteiger partial charge in [-0.1, -0.05) is 35.9 Å². The normalized spacial score (nSPS) is 11.2. The van der Waals surface area contributed by atoms with Gasteiger partial charge in [0.2, 0.25) is 5.95 Å². The molecule has 0 spiro atoms. The fourth-order valence-electron chi connectivity index (χ4n) is 2.40. The minimum absolute atomic E-state index is 0.150. The number of halogens is 1. The monoisotopic (exact) mass is 367 g/mol. The first-order chi connectivity index (χ1) is 12.4. The molecule has 2 N–H and O–H groups in total. The van der Waals surface area contributed by atoms with Crippen molar-refractivity contribution in [3.63, 3.8) is 0 Å². The molecule has 0 saturated heterocycles. The van der Waals surface area contributed by atoms with Gasteiger partial charge in [0, 0.05) is 29.4 Å². The van der Waals surface area contributed by atoms with Gasteiger partial charge < -0.3 is 10.6 Å². The van der Waals surface area contributed by atoms with Crippen LogP contribution < -0.4 is 10.6 Å². The van der Waals surface area contributed by atoms with Crippen LogP contribution in [-0.2, 0) is 6.54 Å². The minimum Gasteiger partial charge on any atom is -0.366 e. The zero-order chi connectivity index (χ0) is 18.6. The van der Waals surface area contributed by atoms with Gasteiger partial charge in [0.15, 0.2) is 0 Å². The summed E-state index contributed by atoms with van der Waals surface area (Å²) in [7, 11) is 0. The summed E-state index contributed by atoms with van der Waals surface area (Å²) in [5.74, 6) is 1.27. The van der Waals surface area contributed by atoms with Crippen LogP contribution in [0.3, 0.4) is 0 Å². The minimum atomic E-state index is -0.150. The molecule has 134 valence electrons. The number of aromatic nitrogens is 3. The molecule has 0 saturated carbocycles. The van der Waals surface area contributed by atoms with Gasteiger partial charge in [0.25, 0.3) is 0 Å². The summed E-state index contributed by atoms with van der Waals surface area (Å²) in [5.41, 5.74) is 2.42. The van der Waals surface area contributed by atoms with Gasteiger partial charge in [0.05, 0.1) is 11.4 Å². The van der Waals surface area contributed by atoms with E-state index in [9.17, 15) is 0 Å². The van der Waals surface area contributed by atoms with Crippen LogP contribution in [-0.4, -0.2) is 20.5 Å². The number of rotatable bonds is 5. The van der Waals surface area contributed by atoms with E-state index < -0.39 is 0 Å². The second-order valence-electron chi connectivity index (χ2n) is 7.00. The van der Waals surface area contributed by atoms with E-state index in [4.69, 9.17) is 11.6 Å². The number of hydrogen-bond acceptors (Lipinski definition) is 5. The van der Waals surface area contributed by atoms with Crippen LogP contribution in [0.1, 0.15) is 26.3 Å². The molecule has 0 atom stereocenters. The summed E-state index contributed by atoms with van der Waals surface area (Å²) >= 11 is 6.24. The maximum Gasteiger partial charge on any atom is 0.225 e. The van der Waals surface area contributed by atoms with Crippen LogP contribution in [0.5, 0.6) is 0 Å². The zero-order valence-corrected chi connectivity index (χ0v) is 15.9. The van der Waals surface area contributed by atoms with Gasteiger partial charge in [-0.25, -0.2) is 4.98 Å². The predicted octanol–water partition coefficient (Wildman–Crippen LogP) is 5.01. The van der Waals surface area contributed by atoms with Crippen LogP contribution in [0.2, 0.25) is 5.02 Å². The quantitative estimate of drug-likeness (QED) is 0.663. The Morgan fingerprint density at radius 3 is 2.42 bits per heavy atom. The fraction of sp³-hybridized carbons (Fsp3) is 0.250. The Morgan fingerprint density at radius 2 is 1.73 bits per heavy atom. The molecule has 0 unspecified atom stereocenters. The summed E-state index contributed by atoms with van der Waals surface area (Å²) < 4.78 is 0. The van der Waals surface area contributed by atoms with Gasteiger partial charge in [-0.05, 0) is 44.5 Å². The highest BCUT2D eigenvalue weighted by Crippen LogP contribution is 2.22. The largest absolute Gasteiger partial charge is 0.366 e. The van der Waals surface area contributed by atoms with Crippen molar-refractivity contribution >= 4 is 23.4 Å². The maximum absolute atomic E-state index is 6.24. The molecule has 0 aliphatic heterocycles. The molecule has 5 nitrogen and oxygen atoms in total. The Bertz CT molecular complexity index is 875. The molecule has 0 amide bonds. The molecule has 6 heteroatoms. The molecule has 3 aromatic rings. The summed E-state index contributed by atoms with van der Waals surface area (Å²) in [5, 5.41) is 7.39. The van der Waals surface area contributed by atoms with Crippen molar-refractivity contribution in [1.29, 1.82) is 0 Å². The van der Waals surface area contributed by atoms with Crippen molar-refractivity contribution in [2.75, 3.05) is 10.6 Å². The Labute approximate surface area is 158 Å².